The van der Waals surface area contributed by atoms with Crippen molar-refractivity contribution < 1.29 is 0 Å². The molecule has 1 aromatic rings. The van der Waals surface area contributed by atoms with E-state index in [0.717, 1.165) is 11.0 Å². The molecule has 0 saturated heterocycles. The van der Waals surface area contributed by atoms with Crippen molar-refractivity contribution >= 4 is 15.9 Å². The molecule has 0 bridgehead atoms. The number of halogens is 1. The van der Waals surface area contributed by atoms with E-state index in [-0.39, 0.29) is 0 Å². The number of nitrogens with one attached hydrogen (secondary N) is 1. The Morgan fingerprint density at radius 2 is 2.38 bits per heavy atom. The number of hydrogen-bond acceptors (Lipinski definition) is 2. The average molecular weight is 244 g/mol. The van der Waals surface area contributed by atoms with E-state index in [4.69, 9.17) is 0 Å². The maximum absolute atomic E-state index is 4.26. The molecule has 1 aliphatic rings. The Morgan fingerprint density at radius 1 is 1.69 bits per heavy atom. The summed E-state index contributed by atoms with van der Waals surface area (Å²) in [5.74, 6) is 0. The lowest BCUT2D eigenvalue weighted by Crippen LogP contribution is -2.30. The molecule has 1 fully saturated rings. The lowest BCUT2D eigenvalue weighted by Gasteiger charge is -2.13. The largest absolute Gasteiger partial charge is 0.314 e. The minimum absolute atomic E-state index is 0.368. The van der Waals surface area contributed by atoms with Crippen LogP contribution in [0, 0.1) is 0 Å². The SMILES string of the molecule is CNC1(Cc2cc(Br)nn2C)CC1. The van der Waals surface area contributed by atoms with Crippen LogP contribution in [0.3, 0.4) is 0 Å². The fourth-order valence-electron chi connectivity index (χ4n) is 1.65. The third-order valence-corrected chi connectivity index (χ3v) is 3.24. The van der Waals surface area contributed by atoms with Gasteiger partial charge in [0.2, 0.25) is 0 Å². The van der Waals surface area contributed by atoms with Gasteiger partial charge in [-0.25, -0.2) is 0 Å². The van der Waals surface area contributed by atoms with Crippen LogP contribution in [0.25, 0.3) is 0 Å². The molecule has 0 amide bonds. The summed E-state index contributed by atoms with van der Waals surface area (Å²) in [6, 6.07) is 2.09. The summed E-state index contributed by atoms with van der Waals surface area (Å²) in [6.07, 6.45) is 3.65. The van der Waals surface area contributed by atoms with Crippen molar-refractivity contribution in [3.05, 3.63) is 16.4 Å². The molecule has 1 saturated carbocycles. The van der Waals surface area contributed by atoms with Crippen LogP contribution < -0.4 is 5.32 Å². The van der Waals surface area contributed by atoms with Gasteiger partial charge >= 0.3 is 0 Å². The Labute approximate surface area is 86.6 Å². The van der Waals surface area contributed by atoms with Crippen LogP contribution in [-0.2, 0) is 13.5 Å². The molecule has 2 rings (SSSR count). The molecule has 72 valence electrons. The van der Waals surface area contributed by atoms with E-state index in [1.165, 1.54) is 18.5 Å². The minimum Gasteiger partial charge on any atom is -0.314 e. The standard InChI is InChI=1S/C9H14BrN3/c1-11-9(3-4-9)6-7-5-8(10)12-13(7)2/h5,11H,3-4,6H2,1-2H3. The number of aryl methyl sites for hydroxylation is 1. The molecule has 3 nitrogen and oxygen atoms in total. The summed E-state index contributed by atoms with van der Waals surface area (Å²) in [5, 5.41) is 7.64. The van der Waals surface area contributed by atoms with Gasteiger partial charge in [0.25, 0.3) is 0 Å². The first-order valence-corrected chi connectivity index (χ1v) is 5.32. The molecule has 0 radical (unpaired) electrons. The predicted molar refractivity (Wildman–Crippen MR) is 55.6 cm³/mol. The molecule has 0 spiro atoms. The van der Waals surface area contributed by atoms with E-state index in [0.29, 0.717) is 5.54 Å². The van der Waals surface area contributed by atoms with Crippen molar-refractivity contribution in [3.8, 4) is 0 Å². The Morgan fingerprint density at radius 3 is 2.77 bits per heavy atom. The summed E-state index contributed by atoms with van der Waals surface area (Å²) in [7, 11) is 4.03. The molecule has 4 heteroatoms. The molecule has 1 aromatic heterocycles. The molecule has 1 aliphatic carbocycles. The van der Waals surface area contributed by atoms with Gasteiger partial charge in [-0.15, -0.1) is 0 Å². The van der Waals surface area contributed by atoms with Crippen molar-refractivity contribution in [1.29, 1.82) is 0 Å². The summed E-state index contributed by atoms with van der Waals surface area (Å²) in [5.41, 5.74) is 1.66. The topological polar surface area (TPSA) is 29.9 Å². The van der Waals surface area contributed by atoms with Crippen molar-refractivity contribution in [2.24, 2.45) is 7.05 Å². The molecular weight excluding hydrogens is 230 g/mol. The van der Waals surface area contributed by atoms with Gasteiger partial charge in [-0.3, -0.25) is 4.68 Å². The van der Waals surface area contributed by atoms with E-state index >= 15 is 0 Å². The monoisotopic (exact) mass is 243 g/mol. The highest BCUT2D eigenvalue weighted by atomic mass is 79.9. The van der Waals surface area contributed by atoms with Crippen LogP contribution >= 0.6 is 15.9 Å². The van der Waals surface area contributed by atoms with Crippen molar-refractivity contribution in [2.75, 3.05) is 7.05 Å². The van der Waals surface area contributed by atoms with Crippen LogP contribution in [-0.4, -0.2) is 22.4 Å². The highest BCUT2D eigenvalue weighted by molar-refractivity contribution is 9.10. The quantitative estimate of drug-likeness (QED) is 0.872. The fourth-order valence-corrected chi connectivity index (χ4v) is 2.15. The van der Waals surface area contributed by atoms with Crippen molar-refractivity contribution in [1.82, 2.24) is 15.1 Å². The van der Waals surface area contributed by atoms with Gasteiger partial charge in [0.05, 0.1) is 0 Å². The second-order valence-corrected chi connectivity index (χ2v) is 4.60. The second kappa shape index (κ2) is 3.10. The van der Waals surface area contributed by atoms with E-state index in [1.807, 2.05) is 18.8 Å². The van der Waals surface area contributed by atoms with Gasteiger partial charge in [0.1, 0.15) is 4.60 Å². The third-order valence-electron chi connectivity index (χ3n) is 2.85. The number of aromatic nitrogens is 2. The Kier molecular flexibility index (Phi) is 2.20. The van der Waals surface area contributed by atoms with Crippen LogP contribution in [0.5, 0.6) is 0 Å². The molecule has 0 aliphatic heterocycles. The van der Waals surface area contributed by atoms with Crippen molar-refractivity contribution in [2.45, 2.75) is 24.8 Å². The van der Waals surface area contributed by atoms with Gasteiger partial charge in [-0.1, -0.05) is 0 Å². The van der Waals surface area contributed by atoms with Gasteiger partial charge < -0.3 is 5.32 Å². The number of likely N-dealkylation sites (N-methyl/N-ethyl adjacent to an activating group) is 1. The van der Waals surface area contributed by atoms with E-state index < -0.39 is 0 Å². The summed E-state index contributed by atoms with van der Waals surface area (Å²) in [4.78, 5) is 0. The molecule has 0 atom stereocenters. The number of hydrogen-bond donors (Lipinski definition) is 1. The van der Waals surface area contributed by atoms with Crippen LogP contribution in [0.4, 0.5) is 0 Å². The van der Waals surface area contributed by atoms with Gasteiger partial charge in [0.15, 0.2) is 0 Å². The molecule has 1 N–H and O–H groups in total. The number of rotatable bonds is 3. The summed E-state index contributed by atoms with van der Waals surface area (Å²) >= 11 is 3.38. The number of nitrogens with zero attached hydrogens (tertiary/aromatic N) is 2. The summed E-state index contributed by atoms with van der Waals surface area (Å²) in [6.45, 7) is 0. The molecular formula is C9H14BrN3. The van der Waals surface area contributed by atoms with Gasteiger partial charge in [-0.2, -0.15) is 5.10 Å². The Balaban J connectivity index is 2.13. The zero-order chi connectivity index (χ0) is 9.47. The zero-order valence-electron chi connectivity index (χ0n) is 7.97. The third kappa shape index (κ3) is 1.79. The zero-order valence-corrected chi connectivity index (χ0v) is 9.56. The lowest BCUT2D eigenvalue weighted by molar-refractivity contribution is 0.525. The Hall–Kier alpha value is -0.350. The summed E-state index contributed by atoms with van der Waals surface area (Å²) < 4.78 is 2.87. The average Bonchev–Trinajstić information content (AvgIpc) is 2.77. The minimum atomic E-state index is 0.368. The molecule has 0 aromatic carbocycles. The maximum atomic E-state index is 4.26. The first kappa shape index (κ1) is 9.21. The molecule has 1 heterocycles. The normalized spacial score (nSPS) is 19.0. The smallest absolute Gasteiger partial charge is 0.128 e. The van der Waals surface area contributed by atoms with Gasteiger partial charge in [-0.05, 0) is 41.9 Å². The van der Waals surface area contributed by atoms with Crippen molar-refractivity contribution in [3.63, 3.8) is 0 Å². The molecule has 0 unspecified atom stereocenters. The van der Waals surface area contributed by atoms with Crippen LogP contribution in [0.15, 0.2) is 10.7 Å². The fraction of sp³-hybridized carbons (Fsp3) is 0.667. The first-order valence-electron chi connectivity index (χ1n) is 4.52. The van der Waals surface area contributed by atoms with E-state index in [2.05, 4.69) is 32.4 Å². The maximum Gasteiger partial charge on any atom is 0.128 e. The van der Waals surface area contributed by atoms with Crippen LogP contribution in [0.1, 0.15) is 18.5 Å². The first-order chi connectivity index (χ1) is 6.15. The highest BCUT2D eigenvalue weighted by Gasteiger charge is 2.41. The van der Waals surface area contributed by atoms with E-state index in [1.54, 1.807) is 0 Å². The highest BCUT2D eigenvalue weighted by Crippen LogP contribution is 2.38. The van der Waals surface area contributed by atoms with Crippen LogP contribution in [0.2, 0.25) is 0 Å². The lowest BCUT2D eigenvalue weighted by atomic mass is 10.1. The van der Waals surface area contributed by atoms with Gasteiger partial charge in [0, 0.05) is 24.7 Å². The second-order valence-electron chi connectivity index (χ2n) is 3.79. The Bertz CT molecular complexity index is 315. The molecule has 13 heavy (non-hydrogen) atoms. The van der Waals surface area contributed by atoms with E-state index in [9.17, 15) is 0 Å². The predicted octanol–water partition coefficient (Wildman–Crippen LogP) is 1.48.